The molecule has 4 atom stereocenters. The fourth-order valence-corrected chi connectivity index (χ4v) is 1.68. The average Bonchev–Trinajstić information content (AvgIpc) is 2.08. The minimum absolute atomic E-state index is 0.0331. The van der Waals surface area contributed by atoms with Gasteiger partial charge in [-0.05, 0) is 20.4 Å². The van der Waals surface area contributed by atoms with Gasteiger partial charge in [-0.25, -0.2) is 0 Å². The van der Waals surface area contributed by atoms with Crippen molar-refractivity contribution in [3.05, 3.63) is 0 Å². The van der Waals surface area contributed by atoms with Gasteiger partial charge in [0.2, 0.25) is 0 Å². The van der Waals surface area contributed by atoms with Gasteiger partial charge in [0.25, 0.3) is 0 Å². The molecule has 1 unspecified atom stereocenters. The van der Waals surface area contributed by atoms with Gasteiger partial charge in [-0.3, -0.25) is 4.79 Å². The maximum atomic E-state index is 10.8. The van der Waals surface area contributed by atoms with E-state index in [2.05, 4.69) is 5.32 Å². The van der Waals surface area contributed by atoms with Crippen molar-refractivity contribution in [3.63, 3.8) is 0 Å². The summed E-state index contributed by atoms with van der Waals surface area (Å²) in [5, 5.41) is 12.6. The monoisotopic (exact) mass is 203 g/mol. The second-order valence-corrected chi connectivity index (χ2v) is 3.54. The van der Waals surface area contributed by atoms with Gasteiger partial charge in [0.05, 0.1) is 12.1 Å². The standard InChI is InChI=1S/C9H17NO4/c1-5-4-7(10-3)8(9(12)13-5)14-6(2)11/h5,7-10,12H,4H2,1-3H3/t5-,7+,8-,9?/m1/s1. The first kappa shape index (κ1) is 11.4. The lowest BCUT2D eigenvalue weighted by Gasteiger charge is -2.37. The Balaban J connectivity index is 2.63. The average molecular weight is 203 g/mol. The number of ether oxygens (including phenoxy) is 2. The molecule has 82 valence electrons. The lowest BCUT2D eigenvalue weighted by atomic mass is 10.0. The first-order chi connectivity index (χ1) is 6.54. The molecule has 5 heteroatoms. The minimum Gasteiger partial charge on any atom is -0.455 e. The van der Waals surface area contributed by atoms with Crippen molar-refractivity contribution >= 4 is 5.97 Å². The Kier molecular flexibility index (Phi) is 3.86. The number of aliphatic hydroxyl groups is 1. The number of esters is 1. The number of nitrogens with one attached hydrogen (secondary N) is 1. The van der Waals surface area contributed by atoms with Crippen LogP contribution in [0, 0.1) is 0 Å². The van der Waals surface area contributed by atoms with E-state index in [0.717, 1.165) is 0 Å². The van der Waals surface area contributed by atoms with Crippen LogP contribution >= 0.6 is 0 Å². The third kappa shape index (κ3) is 2.67. The molecule has 1 heterocycles. The first-order valence-corrected chi connectivity index (χ1v) is 4.72. The van der Waals surface area contributed by atoms with E-state index in [-0.39, 0.29) is 12.1 Å². The van der Waals surface area contributed by atoms with Crippen molar-refractivity contribution in [2.24, 2.45) is 0 Å². The van der Waals surface area contributed by atoms with Crippen LogP contribution in [0.1, 0.15) is 20.3 Å². The molecule has 0 spiro atoms. The second kappa shape index (κ2) is 4.72. The molecule has 14 heavy (non-hydrogen) atoms. The summed E-state index contributed by atoms with van der Waals surface area (Å²) in [5.74, 6) is -0.410. The van der Waals surface area contributed by atoms with E-state index in [1.165, 1.54) is 6.92 Å². The van der Waals surface area contributed by atoms with Gasteiger partial charge >= 0.3 is 5.97 Å². The Bertz CT molecular complexity index is 209. The lowest BCUT2D eigenvalue weighted by molar-refractivity contribution is -0.231. The van der Waals surface area contributed by atoms with E-state index in [4.69, 9.17) is 9.47 Å². The summed E-state index contributed by atoms with van der Waals surface area (Å²) in [7, 11) is 1.77. The number of carbonyl (C=O) groups excluding carboxylic acids is 1. The highest BCUT2D eigenvalue weighted by Gasteiger charge is 2.37. The second-order valence-electron chi connectivity index (χ2n) is 3.54. The molecular formula is C9H17NO4. The molecular weight excluding hydrogens is 186 g/mol. The SMILES string of the molecule is CN[C@H]1C[C@@H](C)OC(O)[C@@H]1OC(C)=O. The summed E-state index contributed by atoms with van der Waals surface area (Å²) >= 11 is 0. The zero-order valence-electron chi connectivity index (χ0n) is 8.69. The summed E-state index contributed by atoms with van der Waals surface area (Å²) in [4.78, 5) is 10.8. The Labute approximate surface area is 83.4 Å². The topological polar surface area (TPSA) is 67.8 Å². The molecule has 5 nitrogen and oxygen atoms in total. The van der Waals surface area contributed by atoms with Crippen LogP contribution in [0.15, 0.2) is 0 Å². The minimum atomic E-state index is -1.04. The van der Waals surface area contributed by atoms with Crippen molar-refractivity contribution in [1.29, 1.82) is 0 Å². The molecule has 1 saturated heterocycles. The fraction of sp³-hybridized carbons (Fsp3) is 0.889. The van der Waals surface area contributed by atoms with Gasteiger partial charge in [0.1, 0.15) is 0 Å². The zero-order chi connectivity index (χ0) is 10.7. The molecule has 0 aromatic carbocycles. The third-order valence-corrected chi connectivity index (χ3v) is 2.31. The number of hydrogen-bond acceptors (Lipinski definition) is 5. The molecule has 1 fully saturated rings. The zero-order valence-corrected chi connectivity index (χ0v) is 8.69. The van der Waals surface area contributed by atoms with Crippen LogP contribution in [-0.2, 0) is 14.3 Å². The molecule has 0 bridgehead atoms. The Morgan fingerprint density at radius 3 is 2.79 bits per heavy atom. The maximum absolute atomic E-state index is 10.8. The van der Waals surface area contributed by atoms with E-state index in [0.29, 0.717) is 6.42 Å². The van der Waals surface area contributed by atoms with Crippen LogP contribution in [0.3, 0.4) is 0 Å². The summed E-state index contributed by atoms with van der Waals surface area (Å²) in [6.45, 7) is 3.19. The summed E-state index contributed by atoms with van der Waals surface area (Å²) in [6.07, 6.45) is -0.978. The van der Waals surface area contributed by atoms with Crippen molar-refractivity contribution in [2.45, 2.75) is 44.8 Å². The normalized spacial score (nSPS) is 38.0. The highest BCUT2D eigenvalue weighted by molar-refractivity contribution is 5.66. The van der Waals surface area contributed by atoms with Gasteiger partial charge in [-0.15, -0.1) is 0 Å². The highest BCUT2D eigenvalue weighted by atomic mass is 16.6. The third-order valence-electron chi connectivity index (χ3n) is 2.31. The predicted molar refractivity (Wildman–Crippen MR) is 49.6 cm³/mol. The van der Waals surface area contributed by atoms with Crippen LogP contribution in [0.25, 0.3) is 0 Å². The van der Waals surface area contributed by atoms with E-state index >= 15 is 0 Å². The van der Waals surface area contributed by atoms with Crippen LogP contribution in [0.2, 0.25) is 0 Å². The molecule has 0 aromatic rings. The summed E-state index contributed by atoms with van der Waals surface area (Å²) < 4.78 is 10.1. The molecule has 1 rings (SSSR count). The van der Waals surface area contributed by atoms with Gasteiger partial charge in [-0.2, -0.15) is 0 Å². The number of carbonyl (C=O) groups is 1. The Morgan fingerprint density at radius 1 is 1.64 bits per heavy atom. The number of hydrogen-bond donors (Lipinski definition) is 2. The highest BCUT2D eigenvalue weighted by Crippen LogP contribution is 2.21. The van der Waals surface area contributed by atoms with Crippen molar-refractivity contribution in [3.8, 4) is 0 Å². The van der Waals surface area contributed by atoms with Crippen molar-refractivity contribution in [2.75, 3.05) is 7.05 Å². The van der Waals surface area contributed by atoms with Crippen LogP contribution < -0.4 is 5.32 Å². The van der Waals surface area contributed by atoms with Gasteiger partial charge in [0.15, 0.2) is 12.4 Å². The Morgan fingerprint density at radius 2 is 2.29 bits per heavy atom. The van der Waals surface area contributed by atoms with Crippen LogP contribution in [-0.4, -0.2) is 42.7 Å². The molecule has 0 amide bonds. The summed E-state index contributed by atoms with van der Waals surface area (Å²) in [6, 6.07) is -0.0577. The summed E-state index contributed by atoms with van der Waals surface area (Å²) in [5.41, 5.74) is 0. The lowest BCUT2D eigenvalue weighted by Crippen LogP contribution is -2.54. The first-order valence-electron chi connectivity index (χ1n) is 4.72. The number of rotatable bonds is 2. The quantitative estimate of drug-likeness (QED) is 0.599. The molecule has 1 aliphatic heterocycles. The molecule has 0 radical (unpaired) electrons. The fourth-order valence-electron chi connectivity index (χ4n) is 1.68. The van der Waals surface area contributed by atoms with E-state index in [1.807, 2.05) is 6.92 Å². The molecule has 0 saturated carbocycles. The van der Waals surface area contributed by atoms with Crippen molar-refractivity contribution < 1.29 is 19.4 Å². The molecule has 1 aliphatic rings. The number of likely N-dealkylation sites (N-methyl/N-ethyl adjacent to an activating group) is 1. The Hall–Kier alpha value is -0.650. The molecule has 0 aromatic heterocycles. The maximum Gasteiger partial charge on any atom is 0.303 e. The number of aliphatic hydroxyl groups excluding tert-OH is 1. The van der Waals surface area contributed by atoms with Gasteiger partial charge in [-0.1, -0.05) is 0 Å². The van der Waals surface area contributed by atoms with Crippen LogP contribution in [0.4, 0.5) is 0 Å². The predicted octanol–water partition coefficient (Wildman–Crippen LogP) is -0.367. The molecule has 0 aliphatic carbocycles. The van der Waals surface area contributed by atoms with Gasteiger partial charge < -0.3 is 19.9 Å². The van der Waals surface area contributed by atoms with E-state index in [9.17, 15) is 9.90 Å². The smallest absolute Gasteiger partial charge is 0.303 e. The van der Waals surface area contributed by atoms with E-state index < -0.39 is 18.4 Å². The molecule has 2 N–H and O–H groups in total. The largest absolute Gasteiger partial charge is 0.455 e. The van der Waals surface area contributed by atoms with Gasteiger partial charge in [0, 0.05) is 6.92 Å². The van der Waals surface area contributed by atoms with Crippen LogP contribution in [0.5, 0.6) is 0 Å². The van der Waals surface area contributed by atoms with E-state index in [1.54, 1.807) is 7.05 Å². The van der Waals surface area contributed by atoms with Crippen molar-refractivity contribution in [1.82, 2.24) is 5.32 Å².